The van der Waals surface area contributed by atoms with Crippen LogP contribution in [0.5, 0.6) is 0 Å². The second-order valence-electron chi connectivity index (χ2n) is 8.70. The van der Waals surface area contributed by atoms with Gasteiger partial charge >= 0.3 is 0 Å². The molecule has 0 unspecified atom stereocenters. The molecule has 0 bridgehead atoms. The summed E-state index contributed by atoms with van der Waals surface area (Å²) in [6.07, 6.45) is 1.89. The zero-order valence-electron chi connectivity index (χ0n) is 20.1. The lowest BCUT2D eigenvalue weighted by atomic mass is 10.1. The summed E-state index contributed by atoms with van der Waals surface area (Å²) >= 11 is 6.43. The molecule has 4 aromatic rings. The summed E-state index contributed by atoms with van der Waals surface area (Å²) in [6.45, 7) is 5.58. The molecule has 9 nitrogen and oxygen atoms in total. The highest BCUT2D eigenvalue weighted by Gasteiger charge is 2.21. The lowest BCUT2D eigenvalue weighted by Crippen LogP contribution is -2.44. The minimum atomic E-state index is 0.319. The Balaban J connectivity index is 1.47. The molecule has 1 N–H and O–H groups in total. The number of benzene rings is 2. The fourth-order valence-electron chi connectivity index (χ4n) is 4.19. The normalized spacial score (nSPS) is 14.0. The number of anilines is 3. The molecule has 1 saturated heterocycles. The molecule has 0 atom stereocenters. The molecule has 0 spiro atoms. The van der Waals surface area contributed by atoms with Crippen LogP contribution >= 0.6 is 11.6 Å². The smallest absolute Gasteiger partial charge is 0.249 e. The van der Waals surface area contributed by atoms with Crippen LogP contribution in [0.4, 0.5) is 17.3 Å². The van der Waals surface area contributed by atoms with Gasteiger partial charge in [0.15, 0.2) is 0 Å². The van der Waals surface area contributed by atoms with Crippen molar-refractivity contribution in [2.75, 3.05) is 43.4 Å². The Morgan fingerprint density at radius 3 is 2.69 bits per heavy atom. The molecule has 1 aliphatic heterocycles. The van der Waals surface area contributed by atoms with E-state index in [1.807, 2.05) is 36.4 Å². The molecule has 0 aliphatic carbocycles. The molecule has 1 fully saturated rings. The van der Waals surface area contributed by atoms with Crippen molar-refractivity contribution in [2.24, 2.45) is 0 Å². The molecule has 3 heterocycles. The Morgan fingerprint density at radius 1 is 1.11 bits per heavy atom. The van der Waals surface area contributed by atoms with Crippen LogP contribution in [0.3, 0.4) is 0 Å². The van der Waals surface area contributed by atoms with Crippen molar-refractivity contribution < 1.29 is 4.42 Å². The molecule has 0 amide bonds. The average Bonchev–Trinajstić information content (AvgIpc) is 3.32. The third-order valence-electron chi connectivity index (χ3n) is 6.08. The van der Waals surface area contributed by atoms with E-state index >= 15 is 0 Å². The van der Waals surface area contributed by atoms with E-state index in [1.165, 1.54) is 0 Å². The molecular formula is C26H25ClN8O. The Kier molecular flexibility index (Phi) is 6.80. The average molecular weight is 501 g/mol. The molecule has 2 aromatic carbocycles. The van der Waals surface area contributed by atoms with E-state index in [0.717, 1.165) is 54.2 Å². The third-order valence-corrected chi connectivity index (χ3v) is 6.36. The number of hydrogen-bond acceptors (Lipinski definition) is 9. The number of piperazine rings is 1. The van der Waals surface area contributed by atoms with Crippen molar-refractivity contribution in [1.82, 2.24) is 25.1 Å². The number of aromatic nitrogens is 4. The van der Waals surface area contributed by atoms with Crippen LogP contribution in [0.1, 0.15) is 11.5 Å². The molecule has 5 rings (SSSR count). The SMILES string of the molecule is Cc1nnc(-c2cc(Nc3ncc(Cl)c(-c4cccc(CC#N)c4)n3)ccc2N2CCN(C)CC2)o1. The van der Waals surface area contributed by atoms with Gasteiger partial charge in [-0.15, -0.1) is 10.2 Å². The maximum absolute atomic E-state index is 9.03. The zero-order chi connectivity index (χ0) is 25.1. The van der Waals surface area contributed by atoms with Crippen LogP contribution in [0.2, 0.25) is 5.02 Å². The largest absolute Gasteiger partial charge is 0.421 e. The number of likely N-dealkylation sites (N-methyl/N-ethyl adjacent to an activating group) is 1. The maximum Gasteiger partial charge on any atom is 0.249 e. The first-order valence-electron chi connectivity index (χ1n) is 11.6. The van der Waals surface area contributed by atoms with Gasteiger partial charge in [0.2, 0.25) is 17.7 Å². The van der Waals surface area contributed by atoms with Crippen molar-refractivity contribution in [1.29, 1.82) is 5.26 Å². The van der Waals surface area contributed by atoms with E-state index in [-0.39, 0.29) is 0 Å². The number of nitrogens with one attached hydrogen (secondary N) is 1. The number of hydrogen-bond donors (Lipinski definition) is 1. The second kappa shape index (κ2) is 10.3. The highest BCUT2D eigenvalue weighted by molar-refractivity contribution is 6.32. The van der Waals surface area contributed by atoms with E-state index in [9.17, 15) is 0 Å². The highest BCUT2D eigenvalue weighted by atomic mass is 35.5. The van der Waals surface area contributed by atoms with Crippen LogP contribution in [0.15, 0.2) is 53.1 Å². The molecule has 10 heteroatoms. The minimum Gasteiger partial charge on any atom is -0.421 e. The standard InChI is InChI=1S/C26H25ClN8O/c1-17-32-33-25(36-17)21-15-20(6-7-23(21)35-12-10-34(2)11-13-35)30-26-29-16-22(27)24(31-26)19-5-3-4-18(14-19)8-9-28/h3-7,14-16H,8,10-13H2,1-2H3,(H,29,30,31). The van der Waals surface area contributed by atoms with Gasteiger partial charge < -0.3 is 19.5 Å². The predicted octanol–water partition coefficient (Wildman–Crippen LogP) is 4.72. The molecule has 0 saturated carbocycles. The molecule has 182 valence electrons. The van der Waals surface area contributed by atoms with Crippen LogP contribution in [-0.4, -0.2) is 58.3 Å². The Bertz CT molecular complexity index is 1420. The fourth-order valence-corrected chi connectivity index (χ4v) is 4.39. The van der Waals surface area contributed by atoms with Crippen molar-refractivity contribution >= 4 is 28.9 Å². The maximum atomic E-state index is 9.03. The molecule has 1 aliphatic rings. The zero-order valence-corrected chi connectivity index (χ0v) is 20.8. The van der Waals surface area contributed by atoms with Crippen LogP contribution < -0.4 is 10.2 Å². The van der Waals surface area contributed by atoms with Gasteiger partial charge in [0.05, 0.1) is 35.0 Å². The van der Waals surface area contributed by atoms with Gasteiger partial charge in [0, 0.05) is 50.0 Å². The second-order valence-corrected chi connectivity index (χ2v) is 9.11. The summed E-state index contributed by atoms with van der Waals surface area (Å²) in [5.41, 5.74) is 5.00. The number of nitrogens with zero attached hydrogens (tertiary/aromatic N) is 7. The van der Waals surface area contributed by atoms with E-state index in [2.05, 4.69) is 54.5 Å². The van der Waals surface area contributed by atoms with Gasteiger partial charge in [-0.2, -0.15) is 5.26 Å². The summed E-state index contributed by atoms with van der Waals surface area (Å²) in [4.78, 5) is 13.7. The fraction of sp³-hybridized carbons (Fsp3) is 0.269. The third kappa shape index (κ3) is 5.15. The lowest BCUT2D eigenvalue weighted by molar-refractivity contribution is 0.313. The van der Waals surface area contributed by atoms with Gasteiger partial charge in [-0.05, 0) is 36.9 Å². The summed E-state index contributed by atoms with van der Waals surface area (Å²) in [6, 6.07) is 15.8. The van der Waals surface area contributed by atoms with Gasteiger partial charge in [-0.25, -0.2) is 9.97 Å². The summed E-state index contributed by atoms with van der Waals surface area (Å²) in [5.74, 6) is 1.38. The van der Waals surface area contributed by atoms with Gasteiger partial charge in [0.25, 0.3) is 0 Å². The molecular weight excluding hydrogens is 476 g/mol. The Hall–Kier alpha value is -4.00. The Morgan fingerprint density at radius 2 is 1.94 bits per heavy atom. The van der Waals surface area contributed by atoms with Gasteiger partial charge in [-0.3, -0.25) is 0 Å². The topological polar surface area (TPSA) is 107 Å². The quantitative estimate of drug-likeness (QED) is 0.402. The van der Waals surface area contributed by atoms with Gasteiger partial charge in [0.1, 0.15) is 0 Å². The first-order valence-corrected chi connectivity index (χ1v) is 12.0. The monoisotopic (exact) mass is 500 g/mol. The van der Waals surface area contributed by atoms with Crippen molar-refractivity contribution in [3.05, 3.63) is 65.1 Å². The van der Waals surface area contributed by atoms with E-state index in [4.69, 9.17) is 21.3 Å². The first kappa shape index (κ1) is 23.7. The minimum absolute atomic E-state index is 0.319. The Labute approximate surface area is 214 Å². The van der Waals surface area contributed by atoms with Crippen LogP contribution in [0, 0.1) is 18.3 Å². The van der Waals surface area contributed by atoms with Gasteiger partial charge in [-0.1, -0.05) is 29.8 Å². The first-order chi connectivity index (χ1) is 17.5. The summed E-state index contributed by atoms with van der Waals surface area (Å²) in [7, 11) is 2.13. The van der Waals surface area contributed by atoms with E-state index in [0.29, 0.717) is 34.9 Å². The number of aryl methyl sites for hydroxylation is 1. The molecule has 2 aromatic heterocycles. The van der Waals surface area contributed by atoms with E-state index < -0.39 is 0 Å². The van der Waals surface area contributed by atoms with Crippen molar-refractivity contribution in [2.45, 2.75) is 13.3 Å². The highest BCUT2D eigenvalue weighted by Crippen LogP contribution is 2.34. The number of nitriles is 1. The van der Waals surface area contributed by atoms with Crippen molar-refractivity contribution in [3.63, 3.8) is 0 Å². The number of rotatable bonds is 6. The van der Waals surface area contributed by atoms with Crippen molar-refractivity contribution in [3.8, 4) is 28.8 Å². The predicted molar refractivity (Wildman–Crippen MR) is 139 cm³/mol. The summed E-state index contributed by atoms with van der Waals surface area (Å²) < 4.78 is 5.79. The lowest BCUT2D eigenvalue weighted by Gasteiger charge is -2.35. The number of halogens is 1. The van der Waals surface area contributed by atoms with Crippen LogP contribution in [-0.2, 0) is 6.42 Å². The molecule has 0 radical (unpaired) electrons. The molecule has 36 heavy (non-hydrogen) atoms. The van der Waals surface area contributed by atoms with Crippen LogP contribution in [0.25, 0.3) is 22.7 Å². The summed E-state index contributed by atoms with van der Waals surface area (Å²) in [5, 5.41) is 21.0. The van der Waals surface area contributed by atoms with E-state index in [1.54, 1.807) is 13.1 Å².